The van der Waals surface area contributed by atoms with Crippen LogP contribution in [0, 0.1) is 10.7 Å². The van der Waals surface area contributed by atoms with Crippen molar-refractivity contribution in [2.45, 2.75) is 52.5 Å². The van der Waals surface area contributed by atoms with Gasteiger partial charge < -0.3 is 15.3 Å². The van der Waals surface area contributed by atoms with Gasteiger partial charge in [-0.3, -0.25) is 0 Å². The van der Waals surface area contributed by atoms with Crippen LogP contribution in [0.4, 0.5) is 20.4 Å². The molecule has 0 unspecified atom stereocenters. The van der Waals surface area contributed by atoms with Crippen LogP contribution < -0.4 is 15.9 Å². The van der Waals surface area contributed by atoms with Gasteiger partial charge in [-0.15, -0.1) is 4.91 Å². The van der Waals surface area contributed by atoms with Crippen molar-refractivity contribution in [3.63, 3.8) is 0 Å². The molecule has 0 radical (unpaired) electrons. The first-order chi connectivity index (χ1) is 19.5. The van der Waals surface area contributed by atoms with E-state index in [1.54, 1.807) is 4.90 Å². The van der Waals surface area contributed by atoms with E-state index < -0.39 is 40.0 Å². The first-order valence-electron chi connectivity index (χ1n) is 13.3. The molecule has 1 fully saturated rings. The first kappa shape index (κ1) is 29.7. The molecule has 216 valence electrons. The first-order valence-corrected chi connectivity index (χ1v) is 13.3. The number of hydrogen-bond donors (Lipinski definition) is 2. The zero-order chi connectivity index (χ0) is 30.0. The predicted molar refractivity (Wildman–Crippen MR) is 155 cm³/mol. The summed E-state index contributed by atoms with van der Waals surface area (Å²) in [5, 5.41) is 16.7. The quantitative estimate of drug-likeness (QED) is 0.277. The summed E-state index contributed by atoms with van der Waals surface area (Å²) in [6, 6.07) is 3.39. The molecular weight excluding hydrogens is 532 g/mol. The number of nitrogens with zero attached hydrogens (tertiary/aromatic N) is 6. The fourth-order valence-corrected chi connectivity index (χ4v) is 4.93. The van der Waals surface area contributed by atoms with Crippen LogP contribution in [0.3, 0.4) is 0 Å². The van der Waals surface area contributed by atoms with Gasteiger partial charge in [0.2, 0.25) is 0 Å². The number of anilines is 1. The minimum absolute atomic E-state index is 0.0459. The van der Waals surface area contributed by atoms with E-state index in [2.05, 4.69) is 32.0 Å². The van der Waals surface area contributed by atoms with E-state index in [1.807, 2.05) is 34.6 Å². The van der Waals surface area contributed by atoms with Crippen molar-refractivity contribution >= 4 is 23.3 Å². The summed E-state index contributed by atoms with van der Waals surface area (Å²) in [6.45, 7) is 14.6. The summed E-state index contributed by atoms with van der Waals surface area (Å²) in [5.74, 6) is -3.15. The molecule has 0 spiro atoms. The van der Waals surface area contributed by atoms with E-state index in [0.29, 0.717) is 31.0 Å². The van der Waals surface area contributed by atoms with Gasteiger partial charge in [-0.1, -0.05) is 40.3 Å². The highest BCUT2D eigenvalue weighted by Gasteiger charge is 2.30. The largest absolute Gasteiger partial charge is 0.507 e. The molecule has 1 aromatic carbocycles. The van der Waals surface area contributed by atoms with Crippen molar-refractivity contribution < 1.29 is 13.9 Å². The molecule has 12 heteroatoms. The van der Waals surface area contributed by atoms with Crippen molar-refractivity contribution in [3.8, 4) is 11.4 Å². The summed E-state index contributed by atoms with van der Waals surface area (Å²) in [4.78, 5) is 41.2. The number of benzene rings is 1. The average Bonchev–Trinajstić information content (AvgIpc) is 2.93. The van der Waals surface area contributed by atoms with Gasteiger partial charge in [0.25, 0.3) is 0 Å². The summed E-state index contributed by atoms with van der Waals surface area (Å²) < 4.78 is 31.5. The Morgan fingerprint density at radius 2 is 1.88 bits per heavy atom. The SMILES string of the molecule is C=C(/C(F)=C\c1c(N2CCNC[C@@H]2C)nc(=O)n(-c2c(C(C)C)ncnc2C(C)C)c1N=O)c1c(O)cccc1F. The number of piperazine rings is 1. The van der Waals surface area contributed by atoms with Gasteiger partial charge in [0, 0.05) is 31.2 Å². The van der Waals surface area contributed by atoms with Crippen LogP contribution in [0.5, 0.6) is 5.75 Å². The number of phenols is 1. The van der Waals surface area contributed by atoms with Crippen molar-refractivity contribution in [1.29, 1.82) is 0 Å². The fraction of sp³-hybridized carbons (Fsp3) is 0.379. The van der Waals surface area contributed by atoms with Crippen LogP contribution in [-0.4, -0.2) is 50.3 Å². The monoisotopic (exact) mass is 565 g/mol. The average molecular weight is 566 g/mol. The Labute approximate surface area is 236 Å². The number of hydrogen-bond acceptors (Lipinski definition) is 9. The van der Waals surface area contributed by atoms with Crippen molar-refractivity contribution in [2.24, 2.45) is 5.18 Å². The molecule has 1 atom stereocenters. The highest BCUT2D eigenvalue weighted by atomic mass is 19.1. The van der Waals surface area contributed by atoms with Crippen LogP contribution in [0.15, 0.2) is 46.9 Å². The second kappa shape index (κ2) is 12.0. The van der Waals surface area contributed by atoms with Gasteiger partial charge in [-0.25, -0.2) is 28.1 Å². The van der Waals surface area contributed by atoms with E-state index in [1.165, 1.54) is 18.5 Å². The van der Waals surface area contributed by atoms with E-state index in [9.17, 15) is 19.2 Å². The Balaban J connectivity index is 2.08. The van der Waals surface area contributed by atoms with Crippen LogP contribution in [0.2, 0.25) is 0 Å². The van der Waals surface area contributed by atoms with Gasteiger partial charge in [-0.2, -0.15) is 4.98 Å². The van der Waals surface area contributed by atoms with Crippen molar-refractivity contribution in [2.75, 3.05) is 24.5 Å². The zero-order valence-electron chi connectivity index (χ0n) is 23.7. The van der Waals surface area contributed by atoms with Gasteiger partial charge in [-0.05, 0) is 42.1 Å². The Hall–Kier alpha value is -4.32. The van der Waals surface area contributed by atoms with E-state index in [0.717, 1.165) is 16.7 Å². The minimum Gasteiger partial charge on any atom is -0.507 e. The van der Waals surface area contributed by atoms with E-state index in [-0.39, 0.29) is 34.9 Å². The van der Waals surface area contributed by atoms with Crippen molar-refractivity contribution in [1.82, 2.24) is 24.8 Å². The molecule has 2 aromatic heterocycles. The van der Waals surface area contributed by atoms with Crippen LogP contribution >= 0.6 is 0 Å². The number of aromatic nitrogens is 4. The normalized spacial score (nSPS) is 16.0. The minimum atomic E-state index is -1.05. The van der Waals surface area contributed by atoms with Crippen molar-refractivity contribution in [3.05, 3.63) is 80.7 Å². The topological polar surface area (TPSA) is 126 Å². The van der Waals surface area contributed by atoms with Gasteiger partial charge >= 0.3 is 5.69 Å². The van der Waals surface area contributed by atoms with E-state index >= 15 is 4.39 Å². The third-order valence-electron chi connectivity index (χ3n) is 7.00. The number of phenolic OH excluding ortho intramolecular Hbond substituents is 1. The molecule has 0 aliphatic carbocycles. The highest BCUT2D eigenvalue weighted by molar-refractivity contribution is 5.87. The molecule has 1 aliphatic heterocycles. The fourth-order valence-electron chi connectivity index (χ4n) is 4.93. The molecule has 0 bridgehead atoms. The third-order valence-corrected chi connectivity index (χ3v) is 7.00. The lowest BCUT2D eigenvalue weighted by atomic mass is 10.0. The molecule has 41 heavy (non-hydrogen) atoms. The Bertz CT molecular complexity index is 1540. The molecule has 3 heterocycles. The molecular formula is C29H33F2N7O3. The summed E-state index contributed by atoms with van der Waals surface area (Å²) in [7, 11) is 0. The Kier molecular flexibility index (Phi) is 8.72. The lowest BCUT2D eigenvalue weighted by molar-refractivity contribution is 0.466. The number of aromatic hydroxyl groups is 1. The smallest absolute Gasteiger partial charge is 0.356 e. The van der Waals surface area contributed by atoms with Gasteiger partial charge in [0.05, 0.1) is 28.2 Å². The second-order valence-corrected chi connectivity index (χ2v) is 10.5. The molecule has 1 saturated heterocycles. The van der Waals surface area contributed by atoms with Crippen LogP contribution in [-0.2, 0) is 0 Å². The molecule has 1 aliphatic rings. The molecule has 3 aromatic rings. The predicted octanol–water partition coefficient (Wildman–Crippen LogP) is 5.33. The third kappa shape index (κ3) is 5.64. The Morgan fingerprint density at radius 1 is 1.22 bits per heavy atom. The number of nitroso groups, excluding NO2 is 1. The zero-order valence-corrected chi connectivity index (χ0v) is 23.7. The maximum absolute atomic E-state index is 15.9. The number of rotatable bonds is 8. The molecule has 0 saturated carbocycles. The molecule has 4 rings (SSSR count). The molecule has 0 amide bonds. The van der Waals surface area contributed by atoms with Gasteiger partial charge in [0.1, 0.15) is 29.5 Å². The maximum atomic E-state index is 15.9. The molecule has 10 nitrogen and oxygen atoms in total. The maximum Gasteiger partial charge on any atom is 0.356 e. The lowest BCUT2D eigenvalue weighted by Crippen LogP contribution is -2.51. The van der Waals surface area contributed by atoms with Gasteiger partial charge in [0.15, 0.2) is 5.82 Å². The van der Waals surface area contributed by atoms with Crippen LogP contribution in [0.1, 0.15) is 69.0 Å². The highest BCUT2D eigenvalue weighted by Crippen LogP contribution is 2.38. The summed E-state index contributed by atoms with van der Waals surface area (Å²) >= 11 is 0. The lowest BCUT2D eigenvalue weighted by Gasteiger charge is -2.36. The Morgan fingerprint density at radius 3 is 2.44 bits per heavy atom. The summed E-state index contributed by atoms with van der Waals surface area (Å²) in [5.41, 5.74) is -0.568. The number of halogens is 2. The van der Waals surface area contributed by atoms with E-state index in [4.69, 9.17) is 0 Å². The summed E-state index contributed by atoms with van der Waals surface area (Å²) in [6.07, 6.45) is 2.34. The molecule has 2 N–H and O–H groups in total. The number of allylic oxidation sites excluding steroid dienone is 2. The number of nitrogens with one attached hydrogen (secondary N) is 1. The standard InChI is InChI=1S/C29H33F2N7O3/c1-15(2)24-26(25(16(3)4)34-14-33-24)38-28(36-41)19(27(35-29(38)40)37-11-10-32-13-17(37)5)12-21(31)18(6)23-20(30)8-7-9-22(23)39/h7-9,12,14-17,32,39H,6,10-11,13H2,1-5H3/b21-12+/t17-/m0/s1. The van der Waals surface area contributed by atoms with Crippen LogP contribution in [0.25, 0.3) is 17.3 Å². The second-order valence-electron chi connectivity index (χ2n) is 10.5.